The van der Waals surface area contributed by atoms with Crippen molar-refractivity contribution in [3.8, 4) is 0 Å². The lowest BCUT2D eigenvalue weighted by atomic mass is 10.1. The van der Waals surface area contributed by atoms with Gasteiger partial charge in [-0.3, -0.25) is 9.69 Å². The van der Waals surface area contributed by atoms with E-state index < -0.39 is 17.5 Å². The number of anilines is 2. The number of carbonyl (C=O) groups is 2. The van der Waals surface area contributed by atoms with Gasteiger partial charge in [-0.05, 0) is 56.5 Å². The van der Waals surface area contributed by atoms with Crippen molar-refractivity contribution in [3.05, 3.63) is 53.0 Å². The summed E-state index contributed by atoms with van der Waals surface area (Å²) in [5.74, 6) is -0.0207. The number of piperazine rings is 1. The monoisotopic (exact) mass is 440 g/mol. The van der Waals surface area contributed by atoms with Crippen LogP contribution in [0.15, 0.2) is 30.5 Å². The quantitative estimate of drug-likeness (QED) is 0.724. The Kier molecular flexibility index (Phi) is 5.79. The maximum atomic E-state index is 14.9. The number of hydrogen-bond donors (Lipinski definition) is 0. The smallest absolute Gasteiger partial charge is 0.415 e. The zero-order chi connectivity index (χ0) is 23.0. The molecule has 0 unspecified atom stereocenters. The van der Waals surface area contributed by atoms with Crippen molar-refractivity contribution >= 4 is 23.5 Å². The van der Waals surface area contributed by atoms with Gasteiger partial charge >= 0.3 is 6.09 Å². The molecule has 2 aromatic rings. The summed E-state index contributed by atoms with van der Waals surface area (Å²) in [6, 6.07) is 6.43. The predicted octanol–water partition coefficient (Wildman–Crippen LogP) is 3.79. The van der Waals surface area contributed by atoms with E-state index in [0.29, 0.717) is 38.4 Å². The van der Waals surface area contributed by atoms with Gasteiger partial charge in [0.25, 0.3) is 5.91 Å². The molecule has 4 rings (SSSR count). The van der Waals surface area contributed by atoms with E-state index in [1.807, 2.05) is 13.1 Å². The maximum Gasteiger partial charge on any atom is 0.415 e. The summed E-state index contributed by atoms with van der Waals surface area (Å²) in [6.45, 7) is 10.3. The summed E-state index contributed by atoms with van der Waals surface area (Å²) in [5.41, 5.74) is 2.08. The fourth-order valence-electron chi connectivity index (χ4n) is 4.27. The van der Waals surface area contributed by atoms with Gasteiger partial charge in [-0.1, -0.05) is 13.0 Å². The number of rotatable bonds is 4. The fourth-order valence-corrected chi connectivity index (χ4v) is 4.27. The first-order valence-corrected chi connectivity index (χ1v) is 11.0. The minimum Gasteiger partial charge on any atom is -0.441 e. The number of nitrogens with zero attached hydrogens (tertiary/aromatic N) is 4. The minimum absolute atomic E-state index is 0.0109. The highest BCUT2D eigenvalue weighted by atomic mass is 19.1. The standard InChI is InChI=1S/C24H29FN4O3/c1-5-17-12-16(2)14-26-21(17)27-8-10-28(11-9-27)22(30)19-7-6-18(13-20(19)25)29-15-24(3,4)32-23(29)31/h6-7,12-14H,5,8-11,15H2,1-4H3. The van der Waals surface area contributed by atoms with E-state index >= 15 is 0 Å². The fraction of sp³-hybridized carbons (Fsp3) is 0.458. The van der Waals surface area contributed by atoms with Crippen molar-refractivity contribution in [1.82, 2.24) is 9.88 Å². The van der Waals surface area contributed by atoms with Crippen molar-refractivity contribution in [2.45, 2.75) is 39.7 Å². The first-order valence-electron chi connectivity index (χ1n) is 11.0. The van der Waals surface area contributed by atoms with Crippen LogP contribution in [0.5, 0.6) is 0 Å². The molecule has 1 aromatic heterocycles. The van der Waals surface area contributed by atoms with E-state index in [2.05, 4.69) is 22.9 Å². The number of carbonyl (C=O) groups excluding carboxylic acids is 2. The molecule has 3 heterocycles. The molecule has 0 spiro atoms. The van der Waals surface area contributed by atoms with Crippen molar-refractivity contribution in [3.63, 3.8) is 0 Å². The molecular formula is C24H29FN4O3. The maximum absolute atomic E-state index is 14.9. The molecular weight excluding hydrogens is 411 g/mol. The SMILES string of the molecule is CCc1cc(C)cnc1N1CCN(C(=O)c2ccc(N3CC(C)(C)OC3=O)cc2F)CC1. The summed E-state index contributed by atoms with van der Waals surface area (Å²) >= 11 is 0. The Bertz CT molecular complexity index is 1050. The van der Waals surface area contributed by atoms with Gasteiger partial charge in [-0.15, -0.1) is 0 Å². The molecule has 0 radical (unpaired) electrons. The number of amides is 2. The number of hydrogen-bond acceptors (Lipinski definition) is 5. The van der Waals surface area contributed by atoms with Gasteiger partial charge in [0.05, 0.1) is 17.8 Å². The highest BCUT2D eigenvalue weighted by Gasteiger charge is 2.38. The van der Waals surface area contributed by atoms with Crippen molar-refractivity contribution in [1.29, 1.82) is 0 Å². The predicted molar refractivity (Wildman–Crippen MR) is 121 cm³/mol. The topological polar surface area (TPSA) is 66.0 Å². The van der Waals surface area contributed by atoms with Crippen molar-refractivity contribution in [2.75, 3.05) is 42.5 Å². The van der Waals surface area contributed by atoms with Crippen LogP contribution < -0.4 is 9.80 Å². The lowest BCUT2D eigenvalue weighted by Gasteiger charge is -2.36. The molecule has 2 aliphatic rings. The largest absolute Gasteiger partial charge is 0.441 e. The lowest BCUT2D eigenvalue weighted by molar-refractivity contribution is 0.0741. The van der Waals surface area contributed by atoms with Crippen LogP contribution in [0.3, 0.4) is 0 Å². The Hall–Kier alpha value is -3.16. The number of pyridine rings is 1. The molecule has 32 heavy (non-hydrogen) atoms. The average molecular weight is 441 g/mol. The van der Waals surface area contributed by atoms with E-state index in [4.69, 9.17) is 4.74 Å². The van der Waals surface area contributed by atoms with E-state index in [0.717, 1.165) is 17.8 Å². The van der Waals surface area contributed by atoms with Crippen LogP contribution in [0.25, 0.3) is 0 Å². The molecule has 0 bridgehead atoms. The van der Waals surface area contributed by atoms with Crippen LogP contribution >= 0.6 is 0 Å². The van der Waals surface area contributed by atoms with E-state index in [1.54, 1.807) is 24.8 Å². The minimum atomic E-state index is -0.638. The van der Waals surface area contributed by atoms with Crippen molar-refractivity contribution in [2.24, 2.45) is 0 Å². The molecule has 2 saturated heterocycles. The Morgan fingerprint density at radius 3 is 2.50 bits per heavy atom. The Labute approximate surface area is 187 Å². The molecule has 0 N–H and O–H groups in total. The second-order valence-corrected chi connectivity index (χ2v) is 9.01. The first-order chi connectivity index (χ1) is 15.2. The zero-order valence-electron chi connectivity index (χ0n) is 19.0. The number of aryl methyl sites for hydroxylation is 2. The summed E-state index contributed by atoms with van der Waals surface area (Å²) in [6.07, 6.45) is 2.24. The molecule has 0 aliphatic carbocycles. The molecule has 8 heteroatoms. The number of halogens is 1. The summed E-state index contributed by atoms with van der Waals surface area (Å²) in [7, 11) is 0. The van der Waals surface area contributed by atoms with Crippen LogP contribution in [0.4, 0.5) is 20.7 Å². The highest BCUT2D eigenvalue weighted by molar-refractivity contribution is 5.96. The second kappa shape index (κ2) is 8.41. The van der Waals surface area contributed by atoms with Gasteiger partial charge in [0.2, 0.25) is 0 Å². The molecule has 7 nitrogen and oxygen atoms in total. The van der Waals surface area contributed by atoms with E-state index in [-0.39, 0.29) is 11.5 Å². The average Bonchev–Trinajstić information content (AvgIpc) is 3.05. The summed E-state index contributed by atoms with van der Waals surface area (Å²) < 4.78 is 20.1. The summed E-state index contributed by atoms with van der Waals surface area (Å²) in [4.78, 5) is 34.9. The number of ether oxygens (including phenoxy) is 1. The Morgan fingerprint density at radius 1 is 1.19 bits per heavy atom. The number of aromatic nitrogens is 1. The van der Waals surface area contributed by atoms with Gasteiger partial charge in [-0.2, -0.15) is 0 Å². The second-order valence-electron chi connectivity index (χ2n) is 9.01. The van der Waals surface area contributed by atoms with Crippen LogP contribution in [0, 0.1) is 12.7 Å². The van der Waals surface area contributed by atoms with Crippen LogP contribution in [0.2, 0.25) is 0 Å². The van der Waals surface area contributed by atoms with E-state index in [1.165, 1.54) is 22.6 Å². The third-order valence-electron chi connectivity index (χ3n) is 5.94. The lowest BCUT2D eigenvalue weighted by Crippen LogP contribution is -2.49. The van der Waals surface area contributed by atoms with Crippen LogP contribution in [0.1, 0.15) is 42.3 Å². The van der Waals surface area contributed by atoms with Crippen LogP contribution in [-0.4, -0.2) is 60.2 Å². The first kappa shape index (κ1) is 22.0. The Morgan fingerprint density at radius 2 is 1.91 bits per heavy atom. The van der Waals surface area contributed by atoms with Gasteiger partial charge < -0.3 is 14.5 Å². The zero-order valence-corrected chi connectivity index (χ0v) is 19.0. The van der Waals surface area contributed by atoms with Crippen LogP contribution in [-0.2, 0) is 11.2 Å². The molecule has 2 amide bonds. The number of cyclic esters (lactones) is 1. The van der Waals surface area contributed by atoms with Gasteiger partial charge in [-0.25, -0.2) is 14.2 Å². The van der Waals surface area contributed by atoms with Gasteiger partial charge in [0.1, 0.15) is 17.2 Å². The third kappa shape index (κ3) is 4.26. The molecule has 2 aliphatic heterocycles. The van der Waals surface area contributed by atoms with Crippen molar-refractivity contribution < 1.29 is 18.7 Å². The molecule has 0 saturated carbocycles. The molecule has 170 valence electrons. The molecule has 2 fully saturated rings. The summed E-state index contributed by atoms with van der Waals surface area (Å²) in [5, 5.41) is 0. The van der Waals surface area contributed by atoms with Gasteiger partial charge in [0, 0.05) is 32.4 Å². The highest BCUT2D eigenvalue weighted by Crippen LogP contribution is 2.29. The molecule has 0 atom stereocenters. The Balaban J connectivity index is 1.44. The van der Waals surface area contributed by atoms with Gasteiger partial charge in [0.15, 0.2) is 0 Å². The number of benzene rings is 1. The van der Waals surface area contributed by atoms with E-state index in [9.17, 15) is 14.0 Å². The normalized spacial score (nSPS) is 18.2. The third-order valence-corrected chi connectivity index (χ3v) is 5.94. The molecule has 1 aromatic carbocycles.